The Kier molecular flexibility index (Phi) is 13.3. The van der Waals surface area contributed by atoms with Crippen LogP contribution in [0.1, 0.15) is 19.3 Å². The highest BCUT2D eigenvalue weighted by molar-refractivity contribution is 5.82. The van der Waals surface area contributed by atoms with E-state index in [1.807, 2.05) is 0 Å². The smallest absolute Gasteiger partial charge is 0.239 e. The lowest BCUT2D eigenvalue weighted by atomic mass is 9.84. The number of halogens is 1. The van der Waals surface area contributed by atoms with Crippen LogP contribution in [0.25, 0.3) is 0 Å². The number of nitrogens with two attached hydrogens (primary N) is 6. The number of rotatable bonds is 12. The van der Waals surface area contributed by atoms with Gasteiger partial charge in [0.2, 0.25) is 5.91 Å². The molecule has 1 aliphatic carbocycles. The number of nitrogens with zero attached hydrogens (tertiary/aromatic N) is 1. The first-order valence-corrected chi connectivity index (χ1v) is 14.0. The zero-order valence-corrected chi connectivity index (χ0v) is 23.3. The fraction of sp³-hybridized carbons (Fsp3) is 0.917. The largest absolute Gasteiger partial charge is 0.394 e. The van der Waals surface area contributed by atoms with Gasteiger partial charge in [0, 0.05) is 18.8 Å². The van der Waals surface area contributed by atoms with Crippen LogP contribution < -0.4 is 39.7 Å². The van der Waals surface area contributed by atoms with E-state index in [9.17, 15) is 25.2 Å². The number of alkyl halides is 1. The molecule has 0 aromatic rings. The molecule has 3 fully saturated rings. The predicted molar refractivity (Wildman–Crippen MR) is 146 cm³/mol. The predicted octanol–water partition coefficient (Wildman–Crippen LogP) is -6.41. The highest BCUT2D eigenvalue weighted by Gasteiger charge is 2.52. The minimum absolute atomic E-state index is 0.0328. The number of aliphatic hydroxyl groups is 4. The molecule has 3 rings (SSSR count). The van der Waals surface area contributed by atoms with Gasteiger partial charge >= 0.3 is 0 Å². The topological polar surface area (TPSA) is 315 Å². The second kappa shape index (κ2) is 16.0. The molecule has 17 nitrogen and oxygen atoms in total. The number of aliphatic imine (C=N–C) groups is 1. The fourth-order valence-corrected chi connectivity index (χ4v) is 5.20. The summed E-state index contributed by atoms with van der Waals surface area (Å²) in [5, 5.41) is 43.3. The Morgan fingerprint density at radius 1 is 1.02 bits per heavy atom. The van der Waals surface area contributed by atoms with E-state index in [-0.39, 0.29) is 25.9 Å². The van der Waals surface area contributed by atoms with Crippen LogP contribution in [0, 0.1) is 0 Å². The number of amides is 1. The molecular formula is C24H47FN8O9. The van der Waals surface area contributed by atoms with E-state index in [4.69, 9.17) is 53.3 Å². The Morgan fingerprint density at radius 3 is 2.33 bits per heavy atom. The highest BCUT2D eigenvalue weighted by atomic mass is 19.1. The van der Waals surface area contributed by atoms with Gasteiger partial charge in [-0.1, -0.05) is 0 Å². The zero-order valence-electron chi connectivity index (χ0n) is 23.3. The monoisotopic (exact) mass is 610 g/mol. The molecule has 3 aliphatic rings. The maximum atomic E-state index is 16.3. The molecule has 0 spiro atoms. The summed E-state index contributed by atoms with van der Waals surface area (Å²) in [6.45, 7) is -0.382. The molecule has 1 saturated carbocycles. The van der Waals surface area contributed by atoms with Gasteiger partial charge in [-0.2, -0.15) is 0 Å². The lowest BCUT2D eigenvalue weighted by Crippen LogP contribution is -2.68. The van der Waals surface area contributed by atoms with Gasteiger partial charge in [-0.25, -0.2) is 4.39 Å². The van der Waals surface area contributed by atoms with Crippen LogP contribution in [0.2, 0.25) is 0 Å². The quantitative estimate of drug-likeness (QED) is 0.0915. The second-order valence-electron chi connectivity index (χ2n) is 10.9. The number of hydrogen-bond acceptors (Lipinski definition) is 16. The van der Waals surface area contributed by atoms with E-state index in [2.05, 4.69) is 10.3 Å². The molecule has 42 heavy (non-hydrogen) atoms. The molecule has 17 N–H and O–H groups in total. The van der Waals surface area contributed by atoms with E-state index in [1.54, 1.807) is 6.21 Å². The maximum Gasteiger partial charge on any atom is 0.239 e. The first kappa shape index (κ1) is 35.0. The van der Waals surface area contributed by atoms with Gasteiger partial charge in [0.15, 0.2) is 18.8 Å². The third kappa shape index (κ3) is 8.36. The molecule has 2 saturated heterocycles. The Morgan fingerprint density at radius 2 is 1.69 bits per heavy atom. The molecule has 15 atom stereocenters. The molecule has 0 aromatic heterocycles. The molecule has 0 aromatic carbocycles. The van der Waals surface area contributed by atoms with E-state index in [0.717, 1.165) is 0 Å². The standard InChI is InChI=1S/C24H47FN8O9/c25-16-20(41-23-10(29)5-13(35)14(6-27)39-23)9(28)4-12(33-22(38)11(30)8-34)21(16)42-24-19(37)17(31)18(36)15(40-24)7-32-3-1-2-26/h3,9-21,23-24,34-37H,1-2,4-8,26-31H2,(H,33,38). The van der Waals surface area contributed by atoms with Crippen molar-refractivity contribution in [1.29, 1.82) is 0 Å². The average Bonchev–Trinajstić information content (AvgIpc) is 2.96. The van der Waals surface area contributed by atoms with Crippen LogP contribution in [0.15, 0.2) is 4.99 Å². The van der Waals surface area contributed by atoms with Crippen LogP contribution in [0.4, 0.5) is 4.39 Å². The molecule has 0 radical (unpaired) electrons. The SMILES string of the molecule is NCCC=NCC1OC(OC2C(NC(=O)C(N)CO)CC(N)C(OC3OC(CN)C(O)CC3N)C2F)C(O)C(N)C1O. The normalized spacial score (nSPS) is 43.8. The van der Waals surface area contributed by atoms with Crippen LogP contribution >= 0.6 is 0 Å². The van der Waals surface area contributed by atoms with Crippen molar-refractivity contribution < 1.29 is 48.6 Å². The van der Waals surface area contributed by atoms with Crippen molar-refractivity contribution in [3.05, 3.63) is 0 Å². The van der Waals surface area contributed by atoms with Gasteiger partial charge in [0.1, 0.15) is 30.5 Å². The zero-order chi connectivity index (χ0) is 31.1. The van der Waals surface area contributed by atoms with Crippen LogP contribution in [0.3, 0.4) is 0 Å². The van der Waals surface area contributed by atoms with Gasteiger partial charge in [-0.15, -0.1) is 0 Å². The number of ether oxygens (including phenoxy) is 4. The van der Waals surface area contributed by atoms with Gasteiger partial charge in [-0.3, -0.25) is 9.79 Å². The minimum Gasteiger partial charge on any atom is -0.394 e. The third-order valence-corrected chi connectivity index (χ3v) is 7.72. The van der Waals surface area contributed by atoms with Crippen molar-refractivity contribution >= 4 is 12.1 Å². The van der Waals surface area contributed by atoms with E-state index in [1.165, 1.54) is 0 Å². The molecule has 18 heteroatoms. The Labute approximate surface area is 243 Å². The van der Waals surface area contributed by atoms with E-state index in [0.29, 0.717) is 13.0 Å². The third-order valence-electron chi connectivity index (χ3n) is 7.72. The summed E-state index contributed by atoms with van der Waals surface area (Å²) in [5.74, 6) is -0.795. The minimum atomic E-state index is -2.05. The number of aliphatic hydroxyl groups excluding tert-OH is 4. The highest BCUT2D eigenvalue weighted by Crippen LogP contribution is 2.33. The first-order valence-electron chi connectivity index (χ1n) is 14.0. The summed E-state index contributed by atoms with van der Waals surface area (Å²) in [7, 11) is 0. The van der Waals surface area contributed by atoms with Crippen LogP contribution in [-0.4, -0.2) is 150 Å². The van der Waals surface area contributed by atoms with Gasteiger partial charge in [0.25, 0.3) is 0 Å². The Hall–Kier alpha value is -1.49. The number of carbonyl (C=O) groups excluding carboxylic acids is 1. The van der Waals surface area contributed by atoms with Crippen molar-refractivity contribution in [2.45, 2.75) is 111 Å². The first-order chi connectivity index (χ1) is 19.9. The van der Waals surface area contributed by atoms with Crippen molar-refractivity contribution in [1.82, 2.24) is 5.32 Å². The van der Waals surface area contributed by atoms with Crippen molar-refractivity contribution in [3.8, 4) is 0 Å². The average molecular weight is 611 g/mol. The van der Waals surface area contributed by atoms with Crippen LogP contribution in [-0.2, 0) is 23.7 Å². The lowest BCUT2D eigenvalue weighted by Gasteiger charge is -2.48. The van der Waals surface area contributed by atoms with Crippen LogP contribution in [0.5, 0.6) is 0 Å². The molecule has 15 unspecified atom stereocenters. The van der Waals surface area contributed by atoms with Gasteiger partial charge in [0.05, 0.1) is 49.6 Å². The molecule has 2 heterocycles. The summed E-state index contributed by atoms with van der Waals surface area (Å²) in [6.07, 6.45) is -11.3. The maximum absolute atomic E-state index is 16.3. The summed E-state index contributed by atoms with van der Waals surface area (Å²) in [4.78, 5) is 16.7. The van der Waals surface area contributed by atoms with E-state index < -0.39 is 104 Å². The number of nitrogens with one attached hydrogen (secondary N) is 1. The van der Waals surface area contributed by atoms with Crippen molar-refractivity contribution in [3.63, 3.8) is 0 Å². The van der Waals surface area contributed by atoms with Crippen molar-refractivity contribution in [2.24, 2.45) is 39.4 Å². The number of carbonyl (C=O) groups is 1. The van der Waals surface area contributed by atoms with E-state index >= 15 is 4.39 Å². The van der Waals surface area contributed by atoms with Gasteiger partial charge in [-0.05, 0) is 25.8 Å². The lowest BCUT2D eigenvalue weighted by molar-refractivity contribution is -0.306. The summed E-state index contributed by atoms with van der Waals surface area (Å²) < 4.78 is 39.6. The molecular weight excluding hydrogens is 563 g/mol. The molecule has 244 valence electrons. The summed E-state index contributed by atoms with van der Waals surface area (Å²) >= 11 is 0. The molecule has 0 bridgehead atoms. The molecule has 2 aliphatic heterocycles. The Balaban J connectivity index is 1.83. The fourth-order valence-electron chi connectivity index (χ4n) is 5.20. The summed E-state index contributed by atoms with van der Waals surface area (Å²) in [6, 6.07) is -5.50. The van der Waals surface area contributed by atoms with Gasteiger partial charge < -0.3 is 79.1 Å². The second-order valence-corrected chi connectivity index (χ2v) is 10.9. The number of hydrogen-bond donors (Lipinski definition) is 11. The van der Waals surface area contributed by atoms with Crippen molar-refractivity contribution in [2.75, 3.05) is 26.2 Å². The summed E-state index contributed by atoms with van der Waals surface area (Å²) in [5.41, 5.74) is 35.1. The molecule has 1 amide bonds. The Bertz CT molecular complexity index is 884.